The minimum Gasteiger partial charge on any atom is -0.441 e. The third-order valence-corrected chi connectivity index (χ3v) is 3.56. The molecule has 0 spiro atoms. The first-order chi connectivity index (χ1) is 7.38. The zero-order valence-electron chi connectivity index (χ0n) is 8.81. The van der Waals surface area contributed by atoms with Crippen molar-refractivity contribution in [2.45, 2.75) is 18.7 Å². The zero-order chi connectivity index (χ0) is 13.1. The van der Waals surface area contributed by atoms with E-state index in [-0.39, 0.29) is 17.0 Å². The summed E-state index contributed by atoms with van der Waals surface area (Å²) in [6.07, 6.45) is 0. The molecule has 0 aliphatic carbocycles. The fourth-order valence-electron chi connectivity index (χ4n) is 1.64. The van der Waals surface area contributed by atoms with Gasteiger partial charge in [0.25, 0.3) is 0 Å². The SMILES string of the molecule is Cc1nc2c(C)c(S(F)(F)(F)(F)F)ccc2o1. The van der Waals surface area contributed by atoms with Crippen molar-refractivity contribution >= 4 is 21.3 Å². The molecule has 0 saturated heterocycles. The summed E-state index contributed by atoms with van der Waals surface area (Å²) in [4.78, 5) is 1.76. The van der Waals surface area contributed by atoms with Crippen LogP contribution in [0.3, 0.4) is 0 Å². The van der Waals surface area contributed by atoms with Gasteiger partial charge in [0.15, 0.2) is 11.5 Å². The molecule has 0 unspecified atom stereocenters. The van der Waals surface area contributed by atoms with Gasteiger partial charge in [-0.05, 0) is 19.1 Å². The molecule has 0 N–H and O–H groups in total. The van der Waals surface area contributed by atoms with Crippen LogP contribution in [0.4, 0.5) is 19.4 Å². The number of nitrogens with zero attached hydrogens (tertiary/aromatic N) is 1. The average Bonchev–Trinajstić information content (AvgIpc) is 2.41. The van der Waals surface area contributed by atoms with Crippen LogP contribution in [-0.2, 0) is 0 Å². The van der Waals surface area contributed by atoms with E-state index in [1.165, 1.54) is 6.92 Å². The number of rotatable bonds is 1. The standard InChI is InChI=1S/C9H8F5NOS/c1-5-8(17(10,11,12,13)14)4-3-7-9(5)15-6(2)16-7/h3-4H,1-2H3. The summed E-state index contributed by atoms with van der Waals surface area (Å²) >= 11 is 0. The second kappa shape index (κ2) is 2.58. The van der Waals surface area contributed by atoms with E-state index in [1.807, 2.05) is 0 Å². The van der Waals surface area contributed by atoms with Crippen molar-refractivity contribution in [2.24, 2.45) is 0 Å². The van der Waals surface area contributed by atoms with Crippen LogP contribution in [0.5, 0.6) is 0 Å². The molecule has 0 radical (unpaired) electrons. The third-order valence-electron chi connectivity index (χ3n) is 2.29. The van der Waals surface area contributed by atoms with E-state index < -0.39 is 20.7 Å². The van der Waals surface area contributed by atoms with Crippen molar-refractivity contribution in [2.75, 3.05) is 0 Å². The quantitative estimate of drug-likeness (QED) is 0.675. The Bertz CT molecular complexity index is 615. The molecule has 2 aromatic rings. The van der Waals surface area contributed by atoms with Crippen molar-refractivity contribution in [3.8, 4) is 0 Å². The number of halogens is 5. The topological polar surface area (TPSA) is 26.0 Å². The predicted molar refractivity (Wildman–Crippen MR) is 54.9 cm³/mol. The van der Waals surface area contributed by atoms with Gasteiger partial charge in [-0.2, -0.15) is 0 Å². The van der Waals surface area contributed by atoms with Crippen LogP contribution in [-0.4, -0.2) is 4.98 Å². The molecule has 0 fully saturated rings. The molecule has 0 amide bonds. The monoisotopic (exact) mass is 273 g/mol. The lowest BCUT2D eigenvalue weighted by Crippen LogP contribution is -2.08. The smallest absolute Gasteiger partial charge is 0.310 e. The fourth-order valence-corrected chi connectivity index (χ4v) is 2.64. The summed E-state index contributed by atoms with van der Waals surface area (Å²) in [5.74, 6) is 0.127. The van der Waals surface area contributed by atoms with Gasteiger partial charge in [0, 0.05) is 12.5 Å². The minimum atomic E-state index is -9.68. The molecule has 96 valence electrons. The van der Waals surface area contributed by atoms with Gasteiger partial charge in [0.2, 0.25) is 0 Å². The lowest BCUT2D eigenvalue weighted by Gasteiger charge is -2.41. The molecule has 1 aromatic heterocycles. The van der Waals surface area contributed by atoms with E-state index in [0.29, 0.717) is 6.07 Å². The highest BCUT2D eigenvalue weighted by Crippen LogP contribution is 3.02. The number of oxazole rings is 1. The number of aryl methyl sites for hydroxylation is 2. The molecule has 2 nitrogen and oxygen atoms in total. The Balaban J connectivity index is 2.87. The van der Waals surface area contributed by atoms with Crippen LogP contribution in [0.25, 0.3) is 11.1 Å². The van der Waals surface area contributed by atoms with Crippen LogP contribution in [0.15, 0.2) is 21.4 Å². The number of aromatic nitrogens is 1. The fraction of sp³-hybridized carbons (Fsp3) is 0.222. The average molecular weight is 273 g/mol. The Morgan fingerprint density at radius 3 is 2.18 bits per heavy atom. The van der Waals surface area contributed by atoms with Crippen LogP contribution in [0.2, 0.25) is 0 Å². The predicted octanol–water partition coefficient (Wildman–Crippen LogP) is 5.10. The molecule has 17 heavy (non-hydrogen) atoms. The molecule has 1 aromatic carbocycles. The molecular weight excluding hydrogens is 265 g/mol. The molecule has 8 heteroatoms. The van der Waals surface area contributed by atoms with Crippen molar-refractivity contribution in [3.63, 3.8) is 0 Å². The minimum absolute atomic E-state index is 0.0607. The molecule has 0 saturated carbocycles. The second-order valence-corrected chi connectivity index (χ2v) is 6.12. The molecule has 2 rings (SSSR count). The van der Waals surface area contributed by atoms with Crippen molar-refractivity contribution in [1.29, 1.82) is 0 Å². The van der Waals surface area contributed by atoms with E-state index in [4.69, 9.17) is 4.42 Å². The Morgan fingerprint density at radius 1 is 1.06 bits per heavy atom. The van der Waals surface area contributed by atoms with E-state index in [0.717, 1.165) is 13.0 Å². The largest absolute Gasteiger partial charge is 0.441 e. The van der Waals surface area contributed by atoms with Gasteiger partial charge in [-0.1, -0.05) is 19.4 Å². The summed E-state index contributed by atoms with van der Waals surface area (Å²) < 4.78 is 68.4. The van der Waals surface area contributed by atoms with Crippen LogP contribution < -0.4 is 0 Å². The van der Waals surface area contributed by atoms with Gasteiger partial charge in [0.05, 0.1) is 0 Å². The number of hydrogen-bond donors (Lipinski definition) is 0. The first kappa shape index (κ1) is 12.2. The summed E-state index contributed by atoms with van der Waals surface area (Å²) in [6, 6.07) is 1.19. The lowest BCUT2D eigenvalue weighted by atomic mass is 10.2. The summed E-state index contributed by atoms with van der Waals surface area (Å²) in [6.45, 7) is 2.39. The maximum absolute atomic E-state index is 12.7. The van der Waals surface area contributed by atoms with E-state index in [2.05, 4.69) is 4.98 Å². The molecule has 0 aliphatic heterocycles. The van der Waals surface area contributed by atoms with Crippen LogP contribution in [0.1, 0.15) is 11.5 Å². The van der Waals surface area contributed by atoms with E-state index in [9.17, 15) is 19.4 Å². The highest BCUT2D eigenvalue weighted by Gasteiger charge is 2.66. The molecule has 0 aliphatic rings. The highest BCUT2D eigenvalue weighted by atomic mass is 32.5. The lowest BCUT2D eigenvalue weighted by molar-refractivity contribution is 0.363. The van der Waals surface area contributed by atoms with Crippen molar-refractivity contribution in [1.82, 2.24) is 4.98 Å². The van der Waals surface area contributed by atoms with E-state index >= 15 is 0 Å². The van der Waals surface area contributed by atoms with Gasteiger partial charge >= 0.3 is 10.2 Å². The Morgan fingerprint density at radius 2 is 1.65 bits per heavy atom. The zero-order valence-corrected chi connectivity index (χ0v) is 9.62. The van der Waals surface area contributed by atoms with Gasteiger partial charge < -0.3 is 4.42 Å². The van der Waals surface area contributed by atoms with Gasteiger partial charge in [-0.25, -0.2) is 4.98 Å². The molecule has 0 atom stereocenters. The van der Waals surface area contributed by atoms with Crippen LogP contribution in [0, 0.1) is 13.8 Å². The molecule has 0 bridgehead atoms. The van der Waals surface area contributed by atoms with Gasteiger partial charge in [0.1, 0.15) is 10.4 Å². The van der Waals surface area contributed by atoms with Crippen LogP contribution >= 0.6 is 10.2 Å². The van der Waals surface area contributed by atoms with E-state index in [1.54, 1.807) is 0 Å². The van der Waals surface area contributed by atoms with Crippen molar-refractivity contribution in [3.05, 3.63) is 23.6 Å². The molecule has 1 heterocycles. The third kappa shape index (κ3) is 2.08. The second-order valence-electron chi connectivity index (χ2n) is 3.74. The Hall–Kier alpha value is -1.31. The van der Waals surface area contributed by atoms with Crippen molar-refractivity contribution < 1.29 is 23.8 Å². The van der Waals surface area contributed by atoms with Gasteiger partial charge in [-0.15, -0.1) is 0 Å². The number of benzene rings is 1. The molecular formula is C9H8F5NOS. The maximum Gasteiger partial charge on any atom is 0.310 e. The Kier molecular flexibility index (Phi) is 1.84. The number of hydrogen-bond acceptors (Lipinski definition) is 2. The summed E-state index contributed by atoms with van der Waals surface area (Å²) in [5, 5.41) is 0. The van der Waals surface area contributed by atoms with Gasteiger partial charge in [-0.3, -0.25) is 0 Å². The normalized spacial score (nSPS) is 16.9. The first-order valence-corrected chi connectivity index (χ1v) is 6.44. The summed E-state index contributed by atoms with van der Waals surface area (Å²) in [7, 11) is -9.68. The summed E-state index contributed by atoms with van der Waals surface area (Å²) in [5.41, 5.74) is -0.739. The Labute approximate surface area is 93.2 Å². The highest BCUT2D eigenvalue weighted by molar-refractivity contribution is 8.45. The first-order valence-electron chi connectivity index (χ1n) is 4.49. The maximum atomic E-state index is 12.7. The number of fused-ring (bicyclic) bond motifs is 1.